The second-order valence-corrected chi connectivity index (χ2v) is 5.50. The number of aromatic carboxylic acids is 1. The van der Waals surface area contributed by atoms with Crippen LogP contribution < -0.4 is 0 Å². The van der Waals surface area contributed by atoms with Gasteiger partial charge in [0.25, 0.3) is 0 Å². The van der Waals surface area contributed by atoms with Crippen molar-refractivity contribution in [1.82, 2.24) is 9.55 Å². The van der Waals surface area contributed by atoms with Crippen LogP contribution in [0.5, 0.6) is 0 Å². The number of aromatic nitrogens is 2. The summed E-state index contributed by atoms with van der Waals surface area (Å²) in [4.78, 5) is 15.4. The number of hydrogen-bond donors (Lipinski definition) is 1. The molecule has 2 rings (SSSR count). The van der Waals surface area contributed by atoms with E-state index in [1.807, 2.05) is 24.8 Å². The number of nitrogens with zero attached hydrogens (tertiary/aromatic N) is 2. The fraction of sp³-hybridized carbons (Fsp3) is 0.429. The quantitative estimate of drug-likeness (QED) is 0.824. The van der Waals surface area contributed by atoms with Crippen LogP contribution in [0.25, 0.3) is 11.0 Å². The molecule has 0 saturated heterocycles. The SMILES string of the molecule is CSCCCCn1c(C)nc2cc(C(=O)O)ccc21. The zero-order chi connectivity index (χ0) is 13.8. The first-order valence-corrected chi connectivity index (χ1v) is 7.72. The van der Waals surface area contributed by atoms with Crippen LogP contribution in [0, 0.1) is 6.92 Å². The third kappa shape index (κ3) is 3.10. The molecule has 1 aromatic heterocycles. The average molecular weight is 278 g/mol. The van der Waals surface area contributed by atoms with Crippen molar-refractivity contribution < 1.29 is 9.90 Å². The molecule has 19 heavy (non-hydrogen) atoms. The van der Waals surface area contributed by atoms with Crippen molar-refractivity contribution in [2.75, 3.05) is 12.0 Å². The first-order chi connectivity index (χ1) is 9.13. The predicted octanol–water partition coefficient (Wildman–Crippen LogP) is 3.19. The van der Waals surface area contributed by atoms with Gasteiger partial charge in [-0.3, -0.25) is 0 Å². The molecule has 1 heterocycles. The van der Waals surface area contributed by atoms with Gasteiger partial charge in [-0.25, -0.2) is 9.78 Å². The Kier molecular flexibility index (Phi) is 4.47. The van der Waals surface area contributed by atoms with E-state index in [1.165, 1.54) is 12.2 Å². The second kappa shape index (κ2) is 6.10. The number of imidazole rings is 1. The first-order valence-electron chi connectivity index (χ1n) is 6.32. The molecule has 4 nitrogen and oxygen atoms in total. The molecular weight excluding hydrogens is 260 g/mol. The van der Waals surface area contributed by atoms with Crippen LogP contribution in [0.2, 0.25) is 0 Å². The molecule has 102 valence electrons. The van der Waals surface area contributed by atoms with E-state index in [0.717, 1.165) is 29.8 Å². The molecule has 0 saturated carbocycles. The molecule has 0 aliphatic carbocycles. The van der Waals surface area contributed by atoms with E-state index < -0.39 is 5.97 Å². The lowest BCUT2D eigenvalue weighted by Gasteiger charge is -2.06. The van der Waals surface area contributed by atoms with E-state index >= 15 is 0 Å². The van der Waals surface area contributed by atoms with Gasteiger partial charge in [0, 0.05) is 6.54 Å². The lowest BCUT2D eigenvalue weighted by atomic mass is 10.2. The number of unbranched alkanes of at least 4 members (excludes halogenated alkanes) is 1. The maximum absolute atomic E-state index is 10.9. The Hall–Kier alpha value is -1.49. The fourth-order valence-corrected chi connectivity index (χ4v) is 2.67. The molecule has 1 N–H and O–H groups in total. The summed E-state index contributed by atoms with van der Waals surface area (Å²) in [5.41, 5.74) is 2.08. The van der Waals surface area contributed by atoms with Gasteiger partial charge in [-0.1, -0.05) is 0 Å². The van der Waals surface area contributed by atoms with Crippen molar-refractivity contribution in [3.63, 3.8) is 0 Å². The topological polar surface area (TPSA) is 55.1 Å². The molecule has 0 radical (unpaired) electrons. The second-order valence-electron chi connectivity index (χ2n) is 4.52. The number of fused-ring (bicyclic) bond motifs is 1. The zero-order valence-corrected chi connectivity index (χ0v) is 12.0. The third-order valence-corrected chi connectivity index (χ3v) is 3.86. The van der Waals surface area contributed by atoms with Crippen LogP contribution in [-0.2, 0) is 6.54 Å². The summed E-state index contributed by atoms with van der Waals surface area (Å²) in [6.07, 6.45) is 4.42. The van der Waals surface area contributed by atoms with Crippen molar-refractivity contribution in [3.8, 4) is 0 Å². The number of thioether (sulfide) groups is 1. The Bertz CT molecular complexity index is 592. The van der Waals surface area contributed by atoms with E-state index in [-0.39, 0.29) is 0 Å². The molecular formula is C14H18N2O2S. The van der Waals surface area contributed by atoms with Crippen LogP contribution in [0.3, 0.4) is 0 Å². The summed E-state index contributed by atoms with van der Waals surface area (Å²) in [6.45, 7) is 2.91. The molecule has 0 aliphatic heterocycles. The molecule has 0 bridgehead atoms. The Morgan fingerprint density at radius 2 is 2.21 bits per heavy atom. The van der Waals surface area contributed by atoms with Gasteiger partial charge in [0.05, 0.1) is 16.6 Å². The van der Waals surface area contributed by atoms with Crippen LogP contribution in [0.15, 0.2) is 18.2 Å². The number of hydrogen-bond acceptors (Lipinski definition) is 3. The van der Waals surface area contributed by atoms with Crippen LogP contribution in [0.4, 0.5) is 0 Å². The fourth-order valence-electron chi connectivity index (χ4n) is 2.18. The van der Waals surface area contributed by atoms with Gasteiger partial charge in [-0.15, -0.1) is 0 Å². The molecule has 1 aromatic carbocycles. The summed E-state index contributed by atoms with van der Waals surface area (Å²) < 4.78 is 2.17. The largest absolute Gasteiger partial charge is 0.478 e. The van der Waals surface area contributed by atoms with Crippen molar-refractivity contribution in [2.45, 2.75) is 26.3 Å². The summed E-state index contributed by atoms with van der Waals surface area (Å²) >= 11 is 1.86. The maximum Gasteiger partial charge on any atom is 0.335 e. The summed E-state index contributed by atoms with van der Waals surface area (Å²) in [5, 5.41) is 8.98. The number of benzene rings is 1. The minimum atomic E-state index is -0.908. The van der Waals surface area contributed by atoms with Crippen molar-refractivity contribution in [3.05, 3.63) is 29.6 Å². The highest BCUT2D eigenvalue weighted by Gasteiger charge is 2.10. The Morgan fingerprint density at radius 1 is 1.42 bits per heavy atom. The molecule has 5 heteroatoms. The highest BCUT2D eigenvalue weighted by molar-refractivity contribution is 7.98. The average Bonchev–Trinajstić information content (AvgIpc) is 2.69. The van der Waals surface area contributed by atoms with E-state index in [1.54, 1.807) is 12.1 Å². The van der Waals surface area contributed by atoms with E-state index in [2.05, 4.69) is 15.8 Å². The lowest BCUT2D eigenvalue weighted by molar-refractivity contribution is 0.0697. The van der Waals surface area contributed by atoms with Gasteiger partial charge >= 0.3 is 5.97 Å². The molecule has 0 amide bonds. The zero-order valence-electron chi connectivity index (χ0n) is 11.2. The van der Waals surface area contributed by atoms with Crippen LogP contribution in [0.1, 0.15) is 29.0 Å². The minimum Gasteiger partial charge on any atom is -0.478 e. The first kappa shape index (κ1) is 13.9. The van der Waals surface area contributed by atoms with Crippen LogP contribution in [-0.4, -0.2) is 32.6 Å². The van der Waals surface area contributed by atoms with Crippen molar-refractivity contribution >= 4 is 28.8 Å². The normalized spacial score (nSPS) is 11.1. The van der Waals surface area contributed by atoms with E-state index in [4.69, 9.17) is 5.11 Å². The Morgan fingerprint density at radius 3 is 2.89 bits per heavy atom. The summed E-state index contributed by atoms with van der Waals surface area (Å²) in [6, 6.07) is 5.14. The van der Waals surface area contributed by atoms with Crippen LogP contribution >= 0.6 is 11.8 Å². The number of rotatable bonds is 6. The Balaban J connectivity index is 2.24. The highest BCUT2D eigenvalue weighted by Crippen LogP contribution is 2.18. The van der Waals surface area contributed by atoms with E-state index in [9.17, 15) is 4.79 Å². The molecule has 0 aliphatic rings. The molecule has 0 atom stereocenters. The monoisotopic (exact) mass is 278 g/mol. The summed E-state index contributed by atoms with van der Waals surface area (Å²) in [7, 11) is 0. The van der Waals surface area contributed by atoms with Gasteiger partial charge in [0.2, 0.25) is 0 Å². The van der Waals surface area contributed by atoms with E-state index in [0.29, 0.717) is 5.56 Å². The van der Waals surface area contributed by atoms with Crippen molar-refractivity contribution in [1.29, 1.82) is 0 Å². The molecule has 2 aromatic rings. The maximum atomic E-state index is 10.9. The van der Waals surface area contributed by atoms with Gasteiger partial charge in [0.15, 0.2) is 0 Å². The highest BCUT2D eigenvalue weighted by atomic mass is 32.2. The minimum absolute atomic E-state index is 0.291. The van der Waals surface area contributed by atoms with Crippen molar-refractivity contribution in [2.24, 2.45) is 0 Å². The van der Waals surface area contributed by atoms with Gasteiger partial charge < -0.3 is 9.67 Å². The smallest absolute Gasteiger partial charge is 0.335 e. The molecule has 0 spiro atoms. The predicted molar refractivity (Wildman–Crippen MR) is 79.0 cm³/mol. The number of aryl methyl sites for hydroxylation is 2. The lowest BCUT2D eigenvalue weighted by Crippen LogP contribution is -2.01. The summed E-state index contributed by atoms with van der Waals surface area (Å²) in [5.74, 6) is 1.21. The van der Waals surface area contributed by atoms with Gasteiger partial charge in [0.1, 0.15) is 5.82 Å². The third-order valence-electron chi connectivity index (χ3n) is 3.17. The number of carboxylic acids is 1. The van der Waals surface area contributed by atoms with Gasteiger partial charge in [-0.05, 0) is 50.0 Å². The van der Waals surface area contributed by atoms with Gasteiger partial charge in [-0.2, -0.15) is 11.8 Å². The molecule has 0 unspecified atom stereocenters. The number of carbonyl (C=O) groups is 1. The Labute approximate surface area is 116 Å². The standard InChI is InChI=1S/C14H18N2O2S/c1-10-15-12-9-11(14(17)18)5-6-13(12)16(10)7-3-4-8-19-2/h5-6,9H,3-4,7-8H2,1-2H3,(H,17,18). The molecule has 0 fully saturated rings. The number of carboxylic acid groups (broad SMARTS) is 1.